The number of pyridine rings is 2. The van der Waals surface area contributed by atoms with Crippen LogP contribution in [0.4, 0.5) is 10.2 Å². The molecule has 3 aromatic rings. The molecule has 26 heavy (non-hydrogen) atoms. The second-order valence-corrected chi connectivity index (χ2v) is 6.13. The molecular formula is C19H20FN5O. The number of halogens is 1. The molecule has 0 saturated carbocycles. The molecule has 0 fully saturated rings. The van der Waals surface area contributed by atoms with Crippen LogP contribution in [0.5, 0.6) is 0 Å². The van der Waals surface area contributed by atoms with Crippen molar-refractivity contribution < 1.29 is 9.18 Å². The molecule has 6 nitrogen and oxygen atoms in total. The van der Waals surface area contributed by atoms with E-state index in [4.69, 9.17) is 0 Å². The quantitative estimate of drug-likeness (QED) is 0.762. The van der Waals surface area contributed by atoms with Crippen molar-refractivity contribution in [2.75, 3.05) is 5.32 Å². The minimum absolute atomic E-state index is 0.190. The first kappa shape index (κ1) is 17.7. The number of nitrogens with one attached hydrogen (secondary N) is 1. The van der Waals surface area contributed by atoms with E-state index in [9.17, 15) is 9.18 Å². The van der Waals surface area contributed by atoms with Gasteiger partial charge in [0.2, 0.25) is 0 Å². The Kier molecular flexibility index (Phi) is 5.06. The third kappa shape index (κ3) is 3.61. The van der Waals surface area contributed by atoms with Crippen molar-refractivity contribution in [3.63, 3.8) is 0 Å². The van der Waals surface area contributed by atoms with Gasteiger partial charge >= 0.3 is 0 Å². The van der Waals surface area contributed by atoms with Gasteiger partial charge in [-0.2, -0.15) is 5.10 Å². The molecule has 3 heterocycles. The minimum Gasteiger partial charge on any atom is -0.307 e. The lowest BCUT2D eigenvalue weighted by Gasteiger charge is -2.14. The zero-order valence-corrected chi connectivity index (χ0v) is 14.9. The highest BCUT2D eigenvalue weighted by Gasteiger charge is 2.16. The highest BCUT2D eigenvalue weighted by molar-refractivity contribution is 6.04. The van der Waals surface area contributed by atoms with E-state index < -0.39 is 11.7 Å². The molecule has 0 saturated heterocycles. The van der Waals surface area contributed by atoms with Gasteiger partial charge in [0.25, 0.3) is 5.91 Å². The Morgan fingerprint density at radius 2 is 2.04 bits per heavy atom. The van der Waals surface area contributed by atoms with E-state index in [2.05, 4.69) is 27.3 Å². The summed E-state index contributed by atoms with van der Waals surface area (Å²) in [4.78, 5) is 20.4. The molecule has 1 unspecified atom stereocenters. The summed E-state index contributed by atoms with van der Waals surface area (Å²) in [6.45, 7) is 3.65. The van der Waals surface area contributed by atoms with Crippen LogP contribution in [0.3, 0.4) is 0 Å². The topological polar surface area (TPSA) is 72.7 Å². The largest absolute Gasteiger partial charge is 0.307 e. The van der Waals surface area contributed by atoms with E-state index in [1.165, 1.54) is 6.20 Å². The summed E-state index contributed by atoms with van der Waals surface area (Å²) in [5, 5.41) is 6.90. The second kappa shape index (κ2) is 7.43. The lowest BCUT2D eigenvalue weighted by Crippen LogP contribution is -2.15. The molecule has 1 N–H and O–H groups in total. The Balaban J connectivity index is 1.77. The van der Waals surface area contributed by atoms with Crippen LogP contribution in [0.25, 0.3) is 0 Å². The number of aryl methyl sites for hydroxylation is 1. The van der Waals surface area contributed by atoms with Crippen LogP contribution in [-0.2, 0) is 7.05 Å². The van der Waals surface area contributed by atoms with Crippen molar-refractivity contribution in [1.29, 1.82) is 0 Å². The van der Waals surface area contributed by atoms with Crippen LogP contribution in [0, 0.1) is 12.7 Å². The first-order chi connectivity index (χ1) is 12.5. The fourth-order valence-corrected chi connectivity index (χ4v) is 2.88. The number of carbonyl (C=O) groups is 1. The van der Waals surface area contributed by atoms with Crippen molar-refractivity contribution in [3.05, 3.63) is 71.2 Å². The number of aromatic nitrogens is 4. The lowest BCUT2D eigenvalue weighted by atomic mass is 9.92. The zero-order valence-electron chi connectivity index (χ0n) is 14.9. The molecule has 7 heteroatoms. The average Bonchev–Trinajstić information content (AvgIpc) is 3.05. The summed E-state index contributed by atoms with van der Waals surface area (Å²) in [5.41, 5.74) is 2.62. The van der Waals surface area contributed by atoms with Gasteiger partial charge in [-0.1, -0.05) is 13.0 Å². The molecule has 0 aromatic carbocycles. The first-order valence-electron chi connectivity index (χ1n) is 8.35. The molecule has 1 atom stereocenters. The number of carbonyl (C=O) groups excluding carboxylic acids is 1. The number of hydrogen-bond donors (Lipinski definition) is 1. The molecule has 0 radical (unpaired) electrons. The molecular weight excluding hydrogens is 333 g/mol. The molecule has 0 aliphatic heterocycles. The fraction of sp³-hybridized carbons (Fsp3) is 0.263. The summed E-state index contributed by atoms with van der Waals surface area (Å²) in [7, 11) is 1.89. The number of amides is 1. The van der Waals surface area contributed by atoms with Crippen LogP contribution in [0.15, 0.2) is 43.1 Å². The van der Waals surface area contributed by atoms with E-state index in [1.807, 2.05) is 25.5 Å². The Morgan fingerprint density at radius 1 is 1.23 bits per heavy atom. The van der Waals surface area contributed by atoms with Crippen molar-refractivity contribution in [1.82, 2.24) is 19.7 Å². The third-order valence-electron chi connectivity index (χ3n) is 4.36. The predicted octanol–water partition coefficient (Wildman–Crippen LogP) is 3.45. The number of hydrogen-bond acceptors (Lipinski definition) is 4. The van der Waals surface area contributed by atoms with E-state index >= 15 is 0 Å². The van der Waals surface area contributed by atoms with Gasteiger partial charge in [0.1, 0.15) is 11.6 Å². The van der Waals surface area contributed by atoms with Crippen LogP contribution < -0.4 is 5.32 Å². The highest BCUT2D eigenvalue weighted by atomic mass is 19.1. The standard InChI is InChI=1S/C19H20FN5O/c1-4-15(14-8-23-25(3)11-14)13-5-6-18(22-7-13)24-19(26)16-9-21-10-17(20)12(16)2/h5-11,15H,4H2,1-3H3,(H,22,24,26). The number of nitrogens with zero attached hydrogens (tertiary/aromatic N) is 4. The Hall–Kier alpha value is -3.09. The van der Waals surface area contributed by atoms with Gasteiger partial charge in [0, 0.05) is 37.1 Å². The third-order valence-corrected chi connectivity index (χ3v) is 4.36. The summed E-state index contributed by atoms with van der Waals surface area (Å²) < 4.78 is 15.3. The molecule has 3 rings (SSSR count). The van der Waals surface area contributed by atoms with E-state index in [0.717, 1.165) is 23.7 Å². The maximum Gasteiger partial charge on any atom is 0.258 e. The SMILES string of the molecule is CCC(c1ccc(NC(=O)c2cncc(F)c2C)nc1)c1cnn(C)c1. The molecule has 134 valence electrons. The highest BCUT2D eigenvalue weighted by Crippen LogP contribution is 2.27. The molecule has 0 bridgehead atoms. The maximum atomic E-state index is 13.6. The van der Waals surface area contributed by atoms with Crippen LogP contribution in [0.1, 0.15) is 46.3 Å². The van der Waals surface area contributed by atoms with Crippen LogP contribution >= 0.6 is 0 Å². The van der Waals surface area contributed by atoms with Crippen molar-refractivity contribution in [3.8, 4) is 0 Å². The van der Waals surface area contributed by atoms with Gasteiger partial charge in [-0.15, -0.1) is 0 Å². The Labute approximate surface area is 151 Å². The van der Waals surface area contributed by atoms with Crippen LogP contribution in [-0.4, -0.2) is 25.7 Å². The van der Waals surface area contributed by atoms with Gasteiger partial charge in [-0.3, -0.25) is 14.5 Å². The predicted molar refractivity (Wildman–Crippen MR) is 96.5 cm³/mol. The van der Waals surface area contributed by atoms with Gasteiger partial charge in [-0.25, -0.2) is 9.37 Å². The molecule has 0 aliphatic carbocycles. The number of anilines is 1. The monoisotopic (exact) mass is 353 g/mol. The van der Waals surface area contributed by atoms with E-state index in [-0.39, 0.29) is 17.0 Å². The Bertz CT molecular complexity index is 920. The maximum absolute atomic E-state index is 13.6. The normalized spacial score (nSPS) is 12.0. The van der Waals surface area contributed by atoms with Crippen molar-refractivity contribution >= 4 is 11.7 Å². The average molecular weight is 353 g/mol. The zero-order chi connectivity index (χ0) is 18.7. The molecule has 3 aromatic heterocycles. The number of rotatable bonds is 5. The van der Waals surface area contributed by atoms with Gasteiger partial charge in [0.15, 0.2) is 0 Å². The van der Waals surface area contributed by atoms with E-state index in [0.29, 0.717) is 5.82 Å². The summed E-state index contributed by atoms with van der Waals surface area (Å²) in [6.07, 6.45) is 8.92. The van der Waals surface area contributed by atoms with Crippen molar-refractivity contribution in [2.24, 2.45) is 7.05 Å². The summed E-state index contributed by atoms with van der Waals surface area (Å²) >= 11 is 0. The summed E-state index contributed by atoms with van der Waals surface area (Å²) in [5.74, 6) is -0.351. The molecule has 0 aliphatic rings. The first-order valence-corrected chi connectivity index (χ1v) is 8.35. The Morgan fingerprint density at radius 3 is 2.65 bits per heavy atom. The van der Waals surface area contributed by atoms with Crippen molar-refractivity contribution in [2.45, 2.75) is 26.2 Å². The fourth-order valence-electron chi connectivity index (χ4n) is 2.88. The van der Waals surface area contributed by atoms with E-state index in [1.54, 1.807) is 23.9 Å². The van der Waals surface area contributed by atoms with Gasteiger partial charge in [0.05, 0.1) is 18.0 Å². The van der Waals surface area contributed by atoms with Gasteiger partial charge < -0.3 is 5.32 Å². The second-order valence-electron chi connectivity index (χ2n) is 6.13. The smallest absolute Gasteiger partial charge is 0.258 e. The minimum atomic E-state index is -0.511. The summed E-state index contributed by atoms with van der Waals surface area (Å²) in [6, 6.07) is 3.68. The molecule has 1 amide bonds. The van der Waals surface area contributed by atoms with Crippen LogP contribution in [0.2, 0.25) is 0 Å². The lowest BCUT2D eigenvalue weighted by molar-refractivity contribution is 0.102. The molecule has 0 spiro atoms. The van der Waals surface area contributed by atoms with Gasteiger partial charge in [-0.05, 0) is 30.5 Å².